The molecule has 0 aromatic carbocycles. The summed E-state index contributed by atoms with van der Waals surface area (Å²) in [6, 6.07) is 0.853. The molecule has 0 N–H and O–H groups in total. The lowest BCUT2D eigenvalue weighted by molar-refractivity contribution is -0.0493. The first kappa shape index (κ1) is 15.8. The molecular formula is C16H17F3N2O2. The molecule has 1 unspecified atom stereocenters. The zero-order valence-electron chi connectivity index (χ0n) is 13.1. The summed E-state index contributed by atoms with van der Waals surface area (Å²) >= 11 is 0. The fourth-order valence-electron chi connectivity index (χ4n) is 2.97. The lowest BCUT2D eigenvalue weighted by Crippen LogP contribution is -2.30. The van der Waals surface area contributed by atoms with E-state index in [1.807, 2.05) is 20.8 Å². The number of aromatic nitrogens is 2. The summed E-state index contributed by atoms with van der Waals surface area (Å²) in [6.45, 7) is 3.01. The number of rotatable bonds is 2. The minimum Gasteiger partial charge on any atom is -0.431 e. The van der Waals surface area contributed by atoms with Crippen molar-refractivity contribution in [2.75, 3.05) is 0 Å². The van der Waals surface area contributed by atoms with Crippen molar-refractivity contribution in [1.82, 2.24) is 9.38 Å². The van der Waals surface area contributed by atoms with E-state index >= 15 is 0 Å². The number of imidazole rings is 1. The first-order valence-electron chi connectivity index (χ1n) is 7.35. The molecule has 1 aliphatic rings. The van der Waals surface area contributed by atoms with Crippen LogP contribution in [0.3, 0.4) is 0 Å². The number of fused-ring (bicyclic) bond motifs is 3. The number of hydrogen-bond acceptors (Lipinski definition) is 3. The number of carbonyl (C=O) groups excluding carboxylic acids is 1. The highest BCUT2D eigenvalue weighted by Gasteiger charge is 2.36. The number of alkyl halides is 2. The van der Waals surface area contributed by atoms with E-state index in [4.69, 9.17) is 0 Å². The summed E-state index contributed by atoms with van der Waals surface area (Å²) in [6.07, 6.45) is 2.02. The van der Waals surface area contributed by atoms with Crippen molar-refractivity contribution in [3.05, 3.63) is 29.5 Å². The van der Waals surface area contributed by atoms with Crippen molar-refractivity contribution in [3.8, 4) is 5.75 Å². The molecule has 0 fully saturated rings. The van der Waals surface area contributed by atoms with Gasteiger partial charge < -0.3 is 4.74 Å². The Kier molecular flexibility index (Phi) is 3.61. The third-order valence-corrected chi connectivity index (χ3v) is 4.33. The Bertz CT molecular complexity index is 778. The van der Waals surface area contributed by atoms with Crippen LogP contribution in [0.5, 0.6) is 5.75 Å². The van der Waals surface area contributed by atoms with E-state index in [2.05, 4.69) is 9.72 Å². The van der Waals surface area contributed by atoms with Gasteiger partial charge >= 0.3 is 6.61 Å². The third-order valence-electron chi connectivity index (χ3n) is 4.33. The summed E-state index contributed by atoms with van der Waals surface area (Å²) in [5.41, 5.74) is 0.706. The second-order valence-electron chi connectivity index (χ2n) is 6.90. The molecule has 1 aliphatic carbocycles. The van der Waals surface area contributed by atoms with Crippen LogP contribution in [0.4, 0.5) is 13.2 Å². The van der Waals surface area contributed by atoms with E-state index in [-0.39, 0.29) is 34.2 Å². The average Bonchev–Trinajstić information content (AvgIpc) is 2.76. The quantitative estimate of drug-likeness (QED) is 0.841. The molecule has 7 heteroatoms. The number of Topliss-reactive ketones (excluding diaryl/α,β-unsaturated/α-hetero) is 1. The van der Waals surface area contributed by atoms with E-state index in [9.17, 15) is 18.0 Å². The number of halogens is 3. The van der Waals surface area contributed by atoms with Crippen LogP contribution < -0.4 is 4.74 Å². The second-order valence-corrected chi connectivity index (χ2v) is 6.90. The van der Waals surface area contributed by atoms with Gasteiger partial charge in [-0.3, -0.25) is 9.20 Å². The van der Waals surface area contributed by atoms with Gasteiger partial charge in [0.05, 0.1) is 5.69 Å². The van der Waals surface area contributed by atoms with Crippen LogP contribution in [0.25, 0.3) is 5.65 Å². The molecule has 0 aliphatic heterocycles. The van der Waals surface area contributed by atoms with Crippen LogP contribution in [-0.2, 0) is 6.42 Å². The van der Waals surface area contributed by atoms with Crippen LogP contribution in [0.2, 0.25) is 0 Å². The highest BCUT2D eigenvalue weighted by molar-refractivity contribution is 5.97. The summed E-state index contributed by atoms with van der Waals surface area (Å²) in [5.74, 6) is -1.17. The maximum Gasteiger partial charge on any atom is 0.387 e. The van der Waals surface area contributed by atoms with Gasteiger partial charge in [0.25, 0.3) is 0 Å². The zero-order chi connectivity index (χ0) is 16.9. The molecular weight excluding hydrogens is 309 g/mol. The highest BCUT2D eigenvalue weighted by Crippen LogP contribution is 2.38. The van der Waals surface area contributed by atoms with Crippen molar-refractivity contribution >= 4 is 11.4 Å². The number of pyridine rings is 1. The van der Waals surface area contributed by atoms with Gasteiger partial charge in [-0.2, -0.15) is 8.78 Å². The Balaban J connectivity index is 2.17. The predicted molar refractivity (Wildman–Crippen MR) is 77.4 cm³/mol. The van der Waals surface area contributed by atoms with E-state index in [1.54, 1.807) is 0 Å². The molecule has 0 saturated heterocycles. The Morgan fingerprint density at radius 1 is 1.35 bits per heavy atom. The van der Waals surface area contributed by atoms with Crippen molar-refractivity contribution in [1.29, 1.82) is 0 Å². The van der Waals surface area contributed by atoms with E-state index < -0.39 is 12.4 Å². The topological polar surface area (TPSA) is 43.6 Å². The summed E-state index contributed by atoms with van der Waals surface area (Å²) in [4.78, 5) is 16.5. The van der Waals surface area contributed by atoms with Gasteiger partial charge in [0.1, 0.15) is 11.5 Å². The molecule has 4 nitrogen and oxygen atoms in total. The van der Waals surface area contributed by atoms with Crippen molar-refractivity contribution in [2.45, 2.75) is 40.2 Å². The summed E-state index contributed by atoms with van der Waals surface area (Å²) < 4.78 is 44.5. The van der Waals surface area contributed by atoms with Crippen LogP contribution in [-0.4, -0.2) is 21.8 Å². The van der Waals surface area contributed by atoms with Crippen LogP contribution in [0.1, 0.15) is 43.4 Å². The molecule has 3 rings (SSSR count). The van der Waals surface area contributed by atoms with Crippen LogP contribution in [0.15, 0.2) is 12.3 Å². The van der Waals surface area contributed by atoms with Crippen LogP contribution in [0, 0.1) is 17.2 Å². The molecule has 2 aromatic rings. The number of nitrogens with zero attached hydrogens (tertiary/aromatic N) is 2. The summed E-state index contributed by atoms with van der Waals surface area (Å²) in [7, 11) is 0. The maximum atomic E-state index is 13.8. The number of hydrogen-bond donors (Lipinski definition) is 0. The Morgan fingerprint density at radius 3 is 2.65 bits per heavy atom. The smallest absolute Gasteiger partial charge is 0.387 e. The number of ether oxygens (including phenoxy) is 1. The van der Waals surface area contributed by atoms with Gasteiger partial charge in [0.15, 0.2) is 17.2 Å². The molecule has 23 heavy (non-hydrogen) atoms. The molecule has 124 valence electrons. The summed E-state index contributed by atoms with van der Waals surface area (Å²) in [5, 5.41) is 0. The number of ketones is 1. The molecule has 2 aromatic heterocycles. The molecule has 2 heterocycles. The molecule has 0 saturated carbocycles. The highest BCUT2D eigenvalue weighted by atomic mass is 19.3. The maximum absolute atomic E-state index is 13.8. The van der Waals surface area contributed by atoms with Gasteiger partial charge in [0, 0.05) is 18.7 Å². The van der Waals surface area contributed by atoms with Crippen molar-refractivity contribution in [3.63, 3.8) is 0 Å². The van der Waals surface area contributed by atoms with Gasteiger partial charge in [-0.15, -0.1) is 0 Å². The lowest BCUT2D eigenvalue weighted by Gasteiger charge is -2.32. The van der Waals surface area contributed by atoms with Gasteiger partial charge in [-0.1, -0.05) is 20.8 Å². The van der Waals surface area contributed by atoms with Crippen molar-refractivity contribution in [2.24, 2.45) is 11.3 Å². The molecule has 0 bridgehead atoms. The molecule has 0 radical (unpaired) electrons. The first-order chi connectivity index (χ1) is 10.7. The first-order valence-corrected chi connectivity index (χ1v) is 7.35. The predicted octanol–water partition coefficient (Wildman–Crippen LogP) is 3.87. The minimum atomic E-state index is -3.09. The SMILES string of the molecule is CC(C)(C)C1CC(=O)c2nc3c(OC(F)F)cc(F)cn3c2C1. The van der Waals surface area contributed by atoms with E-state index in [0.29, 0.717) is 18.5 Å². The standard InChI is InChI=1S/C16H17F3N2O2/c1-16(2,3)8-4-10-13(11(22)5-8)20-14-12(23-15(18)19)6-9(17)7-21(10)14/h6-8,15H,4-5H2,1-3H3. The second kappa shape index (κ2) is 5.25. The van der Waals surface area contributed by atoms with Gasteiger partial charge in [0.2, 0.25) is 0 Å². The normalized spacial score (nSPS) is 18.6. The zero-order valence-corrected chi connectivity index (χ0v) is 13.1. The third kappa shape index (κ3) is 2.80. The van der Waals surface area contributed by atoms with Gasteiger partial charge in [-0.25, -0.2) is 9.37 Å². The fourth-order valence-corrected chi connectivity index (χ4v) is 2.97. The fraction of sp³-hybridized carbons (Fsp3) is 0.500. The largest absolute Gasteiger partial charge is 0.431 e. The Labute approximate surface area is 131 Å². The lowest BCUT2D eigenvalue weighted by atomic mass is 9.72. The molecule has 1 atom stereocenters. The van der Waals surface area contributed by atoms with Gasteiger partial charge in [-0.05, 0) is 17.8 Å². The van der Waals surface area contributed by atoms with E-state index in [0.717, 1.165) is 12.3 Å². The average molecular weight is 326 g/mol. The number of carbonyl (C=O) groups is 1. The monoisotopic (exact) mass is 326 g/mol. The van der Waals surface area contributed by atoms with E-state index in [1.165, 1.54) is 4.40 Å². The Hall–Kier alpha value is -2.05. The minimum absolute atomic E-state index is 0.0413. The Morgan fingerprint density at radius 2 is 2.04 bits per heavy atom. The molecule has 0 spiro atoms. The molecule has 0 amide bonds. The van der Waals surface area contributed by atoms with Crippen LogP contribution >= 0.6 is 0 Å². The van der Waals surface area contributed by atoms with Crippen molar-refractivity contribution < 1.29 is 22.7 Å².